The number of para-hydroxylation sites is 2. The van der Waals surface area contributed by atoms with Crippen LogP contribution < -0.4 is 4.90 Å². The van der Waals surface area contributed by atoms with E-state index < -0.39 is 0 Å². The minimum atomic E-state index is 0.872. The maximum absolute atomic E-state index is 6.43. The van der Waals surface area contributed by atoms with Crippen LogP contribution in [0.5, 0.6) is 0 Å². The molecule has 11 rings (SSSR count). The number of thiophene rings is 1. The number of fused-ring (bicyclic) bond motifs is 9. The lowest BCUT2D eigenvalue weighted by atomic mass is 9.93. The fourth-order valence-corrected chi connectivity index (χ4v) is 9.38. The van der Waals surface area contributed by atoms with Gasteiger partial charge in [-0.05, 0) is 92.8 Å². The van der Waals surface area contributed by atoms with Crippen LogP contribution in [0, 0.1) is 0 Å². The van der Waals surface area contributed by atoms with E-state index in [1.54, 1.807) is 0 Å². The van der Waals surface area contributed by atoms with Crippen LogP contribution in [-0.2, 0) is 0 Å². The summed E-state index contributed by atoms with van der Waals surface area (Å²) in [6.45, 7) is 0. The Morgan fingerprint density at radius 1 is 0.377 bits per heavy atom. The maximum atomic E-state index is 6.43. The van der Waals surface area contributed by atoms with E-state index in [0.29, 0.717) is 0 Å². The first-order valence-corrected chi connectivity index (χ1v) is 18.8. The molecule has 0 amide bonds. The van der Waals surface area contributed by atoms with Gasteiger partial charge in [0.15, 0.2) is 0 Å². The van der Waals surface area contributed by atoms with Crippen LogP contribution in [0.3, 0.4) is 0 Å². The lowest BCUT2D eigenvalue weighted by molar-refractivity contribution is 0.669. The van der Waals surface area contributed by atoms with Crippen LogP contribution in [0.1, 0.15) is 0 Å². The molecule has 11 aromatic rings. The molecule has 0 saturated carbocycles. The topological polar surface area (TPSA) is 16.4 Å². The van der Waals surface area contributed by atoms with Gasteiger partial charge in [-0.2, -0.15) is 0 Å². The van der Waals surface area contributed by atoms with Crippen LogP contribution in [0.25, 0.3) is 85.9 Å². The van der Waals surface area contributed by atoms with Gasteiger partial charge in [0.1, 0.15) is 11.2 Å². The average Bonchev–Trinajstić information content (AvgIpc) is 3.80. The number of rotatable bonds is 5. The molecule has 0 aliphatic heterocycles. The number of hydrogen-bond donors (Lipinski definition) is 0. The molecule has 2 nitrogen and oxygen atoms in total. The minimum Gasteiger partial charge on any atom is -0.456 e. The Hall–Kier alpha value is -6.68. The van der Waals surface area contributed by atoms with Crippen molar-refractivity contribution < 1.29 is 4.42 Å². The van der Waals surface area contributed by atoms with Gasteiger partial charge in [-0.1, -0.05) is 133 Å². The number of furan rings is 1. The van der Waals surface area contributed by atoms with Crippen LogP contribution in [0.2, 0.25) is 0 Å². The lowest BCUT2D eigenvalue weighted by Crippen LogP contribution is -2.11. The highest BCUT2D eigenvalue weighted by Gasteiger charge is 2.22. The van der Waals surface area contributed by atoms with E-state index in [9.17, 15) is 0 Å². The summed E-state index contributed by atoms with van der Waals surface area (Å²) < 4.78 is 9.04. The zero-order valence-corrected chi connectivity index (χ0v) is 29.5. The fraction of sp³-hybridized carbons (Fsp3) is 0. The normalized spacial score (nSPS) is 11.8. The molecule has 0 radical (unpaired) electrons. The Kier molecular flexibility index (Phi) is 6.76. The number of anilines is 3. The fourth-order valence-electron chi connectivity index (χ4n) is 8.24. The van der Waals surface area contributed by atoms with Crippen molar-refractivity contribution in [3.8, 4) is 22.3 Å². The molecule has 3 heteroatoms. The zero-order valence-electron chi connectivity index (χ0n) is 28.7. The third-order valence-corrected chi connectivity index (χ3v) is 11.8. The van der Waals surface area contributed by atoms with E-state index >= 15 is 0 Å². The molecular formula is C50H31NOS. The molecule has 0 atom stereocenters. The highest BCUT2D eigenvalue weighted by Crippen LogP contribution is 2.47. The summed E-state index contributed by atoms with van der Waals surface area (Å²) in [4.78, 5) is 2.41. The number of benzene rings is 9. The van der Waals surface area contributed by atoms with Gasteiger partial charge in [0.2, 0.25) is 0 Å². The molecule has 0 N–H and O–H groups in total. The molecule has 9 aromatic carbocycles. The molecule has 248 valence electrons. The summed E-state index contributed by atoms with van der Waals surface area (Å²) >= 11 is 1.86. The molecule has 0 fully saturated rings. The van der Waals surface area contributed by atoms with Gasteiger partial charge in [-0.3, -0.25) is 0 Å². The highest BCUT2D eigenvalue weighted by molar-refractivity contribution is 7.25. The predicted octanol–water partition coefficient (Wildman–Crippen LogP) is 15.1. The van der Waals surface area contributed by atoms with Crippen molar-refractivity contribution in [2.45, 2.75) is 0 Å². The quantitative estimate of drug-likeness (QED) is 0.167. The molecular weight excluding hydrogens is 663 g/mol. The van der Waals surface area contributed by atoms with Crippen molar-refractivity contribution in [3.63, 3.8) is 0 Å². The van der Waals surface area contributed by atoms with Gasteiger partial charge in [-0.25, -0.2) is 0 Å². The van der Waals surface area contributed by atoms with Crippen molar-refractivity contribution in [2.75, 3.05) is 4.90 Å². The Labute approximate surface area is 310 Å². The monoisotopic (exact) mass is 693 g/mol. The van der Waals surface area contributed by atoms with Crippen LogP contribution >= 0.6 is 11.3 Å². The second-order valence-corrected chi connectivity index (χ2v) is 14.7. The van der Waals surface area contributed by atoms with Crippen molar-refractivity contribution in [1.82, 2.24) is 0 Å². The van der Waals surface area contributed by atoms with Gasteiger partial charge in [0.05, 0.1) is 16.8 Å². The van der Waals surface area contributed by atoms with E-state index in [-0.39, 0.29) is 0 Å². The number of nitrogens with zero attached hydrogens (tertiary/aromatic N) is 1. The molecule has 2 heterocycles. The number of hydrogen-bond acceptors (Lipinski definition) is 3. The molecule has 0 bridgehead atoms. The van der Waals surface area contributed by atoms with Gasteiger partial charge >= 0.3 is 0 Å². The minimum absolute atomic E-state index is 0.872. The van der Waals surface area contributed by atoms with Crippen molar-refractivity contribution in [2.24, 2.45) is 0 Å². The zero-order chi connectivity index (χ0) is 34.9. The van der Waals surface area contributed by atoms with E-state index in [1.165, 1.54) is 64.0 Å². The molecule has 53 heavy (non-hydrogen) atoms. The summed E-state index contributed by atoms with van der Waals surface area (Å²) in [7, 11) is 0. The third-order valence-electron chi connectivity index (χ3n) is 10.7. The Morgan fingerprint density at radius 3 is 1.91 bits per heavy atom. The van der Waals surface area contributed by atoms with Crippen LogP contribution in [-0.4, -0.2) is 0 Å². The second-order valence-electron chi connectivity index (χ2n) is 13.6. The van der Waals surface area contributed by atoms with Gasteiger partial charge < -0.3 is 9.32 Å². The smallest absolute Gasteiger partial charge is 0.137 e. The Morgan fingerprint density at radius 2 is 1.02 bits per heavy atom. The molecule has 0 spiro atoms. The van der Waals surface area contributed by atoms with Gasteiger partial charge in [0, 0.05) is 36.8 Å². The lowest BCUT2D eigenvalue weighted by Gasteiger charge is -2.28. The molecule has 0 aliphatic carbocycles. The summed E-state index contributed by atoms with van der Waals surface area (Å²) in [6.07, 6.45) is 0. The second kappa shape index (κ2) is 11.9. The molecule has 0 saturated heterocycles. The highest BCUT2D eigenvalue weighted by atomic mass is 32.1. The van der Waals surface area contributed by atoms with E-state index in [2.05, 4.69) is 187 Å². The first kappa shape index (κ1) is 30.0. The average molecular weight is 694 g/mol. The molecule has 0 unspecified atom stereocenters. The van der Waals surface area contributed by atoms with E-state index in [4.69, 9.17) is 4.42 Å². The summed E-state index contributed by atoms with van der Waals surface area (Å²) in [5, 5.41) is 9.87. The largest absolute Gasteiger partial charge is 0.456 e. The van der Waals surface area contributed by atoms with Crippen LogP contribution in [0.4, 0.5) is 17.1 Å². The van der Waals surface area contributed by atoms with E-state index in [0.717, 1.165) is 39.0 Å². The molecule has 2 aromatic heterocycles. The van der Waals surface area contributed by atoms with Crippen molar-refractivity contribution >= 4 is 92.1 Å². The standard InChI is InChI=1S/C50H31NOS/c1-2-13-36-33(12-1)30-43(39-16-4-3-15-38(36)39)32-24-27-35(28-25-32)51(45-20-11-22-47-50(45)42-18-6-9-21-46(42)52-47)44-19-8-5-14-37(44)34-26-29-41-40-17-7-10-23-48(40)53-49(41)31-34/h1-31H. The van der Waals surface area contributed by atoms with Gasteiger partial charge in [-0.15, -0.1) is 11.3 Å². The first-order valence-electron chi connectivity index (χ1n) is 18.0. The SMILES string of the molecule is c1ccc(N(c2ccc(-c3cc4ccccc4c4ccccc34)cc2)c2cccc3oc4ccccc4c23)c(-c2ccc3c(c2)sc2ccccc23)c1. The summed E-state index contributed by atoms with van der Waals surface area (Å²) in [5.74, 6) is 0. The van der Waals surface area contributed by atoms with Crippen LogP contribution in [0.15, 0.2) is 192 Å². The van der Waals surface area contributed by atoms with Gasteiger partial charge in [0.25, 0.3) is 0 Å². The third kappa shape index (κ3) is 4.78. The first-order chi connectivity index (χ1) is 26.3. The summed E-state index contributed by atoms with van der Waals surface area (Å²) in [5.41, 5.74) is 9.79. The Balaban J connectivity index is 1.13. The van der Waals surface area contributed by atoms with E-state index in [1.807, 2.05) is 17.4 Å². The van der Waals surface area contributed by atoms with Crippen molar-refractivity contribution in [1.29, 1.82) is 0 Å². The summed E-state index contributed by atoms with van der Waals surface area (Å²) in [6, 6.07) is 68.0. The van der Waals surface area contributed by atoms with Crippen molar-refractivity contribution in [3.05, 3.63) is 188 Å². The molecule has 0 aliphatic rings. The predicted molar refractivity (Wildman–Crippen MR) is 227 cm³/mol. The Bertz CT molecular complexity index is 3190. The maximum Gasteiger partial charge on any atom is 0.137 e.